The van der Waals surface area contributed by atoms with Gasteiger partial charge in [0.2, 0.25) is 0 Å². The Balaban J connectivity index is 1.85. The molecule has 3 aromatic rings. The number of aliphatic imine (C=N–C) groups is 1. The van der Waals surface area contributed by atoms with Gasteiger partial charge in [0.25, 0.3) is 0 Å². The van der Waals surface area contributed by atoms with Gasteiger partial charge < -0.3 is 19.0 Å². The van der Waals surface area contributed by atoms with Gasteiger partial charge in [0.1, 0.15) is 17.1 Å². The topological polar surface area (TPSA) is 81.3 Å². The molecule has 0 spiro atoms. The Morgan fingerprint density at radius 1 is 1.10 bits per heavy atom. The lowest BCUT2D eigenvalue weighted by Crippen LogP contribution is -2.17. The smallest absolute Gasteiger partial charge is 0.348 e. The molecular formula is C23H21NO5S. The van der Waals surface area contributed by atoms with E-state index >= 15 is 0 Å². The van der Waals surface area contributed by atoms with Crippen molar-refractivity contribution in [2.75, 3.05) is 14.2 Å². The predicted octanol–water partition coefficient (Wildman–Crippen LogP) is 5.03. The molecule has 0 radical (unpaired) electrons. The number of thioether (sulfide) groups is 1. The fourth-order valence-corrected chi connectivity index (χ4v) is 4.69. The van der Waals surface area contributed by atoms with Crippen LogP contribution in [0.1, 0.15) is 28.6 Å². The van der Waals surface area contributed by atoms with Crippen LogP contribution in [0.5, 0.6) is 17.2 Å². The molecule has 1 unspecified atom stereocenters. The summed E-state index contributed by atoms with van der Waals surface area (Å²) in [6.45, 7) is 1.62. The summed E-state index contributed by atoms with van der Waals surface area (Å²) in [5.74, 6) is 1.50. The minimum absolute atomic E-state index is 0.0627. The number of ether oxygens (including phenoxy) is 2. The summed E-state index contributed by atoms with van der Waals surface area (Å²) in [6, 6.07) is 14.9. The molecule has 7 heteroatoms. The SMILES string of the molecule is COc1ccc(C2CC(c3c(O)cc(C)oc3=O)=Nc3ccccc3S2)cc1OC. The van der Waals surface area contributed by atoms with E-state index in [0.29, 0.717) is 29.4 Å². The van der Waals surface area contributed by atoms with Gasteiger partial charge in [-0.2, -0.15) is 0 Å². The number of methoxy groups -OCH3 is 2. The molecular weight excluding hydrogens is 402 g/mol. The van der Waals surface area contributed by atoms with Crippen molar-refractivity contribution in [1.29, 1.82) is 0 Å². The van der Waals surface area contributed by atoms with Crippen molar-refractivity contribution in [2.45, 2.75) is 23.5 Å². The highest BCUT2D eigenvalue weighted by Crippen LogP contribution is 2.47. The Bertz CT molecular complexity index is 1180. The number of benzene rings is 2. The van der Waals surface area contributed by atoms with E-state index < -0.39 is 5.63 Å². The Kier molecular flexibility index (Phi) is 5.55. The average Bonchev–Trinajstić information content (AvgIpc) is 2.92. The van der Waals surface area contributed by atoms with E-state index in [1.807, 2.05) is 42.5 Å². The molecule has 0 bridgehead atoms. The van der Waals surface area contributed by atoms with Crippen LogP contribution in [0.25, 0.3) is 0 Å². The Morgan fingerprint density at radius 3 is 2.60 bits per heavy atom. The van der Waals surface area contributed by atoms with Crippen LogP contribution in [0, 0.1) is 6.92 Å². The van der Waals surface area contributed by atoms with Crippen molar-refractivity contribution in [3.05, 3.63) is 75.8 Å². The van der Waals surface area contributed by atoms with Gasteiger partial charge in [-0.15, -0.1) is 11.8 Å². The van der Waals surface area contributed by atoms with Gasteiger partial charge in [-0.25, -0.2) is 4.79 Å². The maximum atomic E-state index is 12.6. The standard InChI is InChI=1S/C23H21NO5S/c1-13-10-17(25)22(23(26)29-13)16-12-21(30-20-7-5-4-6-15(20)24-16)14-8-9-18(27-2)19(11-14)28-3/h4-11,21,25H,12H2,1-3H3. The third-order valence-corrected chi connectivity index (χ3v) is 6.21. The second-order valence-electron chi connectivity index (χ2n) is 6.86. The van der Waals surface area contributed by atoms with Crippen LogP contribution in [0.4, 0.5) is 5.69 Å². The maximum absolute atomic E-state index is 12.6. The first-order valence-electron chi connectivity index (χ1n) is 9.39. The van der Waals surface area contributed by atoms with Crippen LogP contribution in [-0.2, 0) is 0 Å². The van der Waals surface area contributed by atoms with E-state index in [1.54, 1.807) is 32.9 Å². The Morgan fingerprint density at radius 2 is 1.87 bits per heavy atom. The zero-order valence-electron chi connectivity index (χ0n) is 16.8. The molecule has 6 nitrogen and oxygen atoms in total. The number of hydrogen-bond acceptors (Lipinski definition) is 7. The largest absolute Gasteiger partial charge is 0.507 e. The first kappa shape index (κ1) is 20.1. The number of rotatable bonds is 4. The number of fused-ring (bicyclic) bond motifs is 1. The molecule has 1 atom stereocenters. The Labute approximate surface area is 178 Å². The zero-order chi connectivity index (χ0) is 21.3. The fourth-order valence-electron chi connectivity index (χ4n) is 3.47. The summed E-state index contributed by atoms with van der Waals surface area (Å²) in [5.41, 5.74) is 1.74. The lowest BCUT2D eigenvalue weighted by molar-refractivity contribution is 0.354. The molecule has 1 aromatic heterocycles. The third kappa shape index (κ3) is 3.80. The summed E-state index contributed by atoms with van der Waals surface area (Å²) in [4.78, 5) is 18.3. The minimum atomic E-state index is -0.596. The van der Waals surface area contributed by atoms with Gasteiger partial charge in [0.05, 0.1) is 25.6 Å². The van der Waals surface area contributed by atoms with Crippen molar-refractivity contribution in [3.8, 4) is 17.2 Å². The minimum Gasteiger partial charge on any atom is -0.507 e. The van der Waals surface area contributed by atoms with Gasteiger partial charge in [-0.3, -0.25) is 4.99 Å². The van der Waals surface area contributed by atoms with E-state index in [0.717, 1.165) is 16.1 Å². The molecule has 2 aromatic carbocycles. The Hall–Kier alpha value is -3.19. The van der Waals surface area contributed by atoms with Gasteiger partial charge >= 0.3 is 5.63 Å². The highest BCUT2D eigenvalue weighted by atomic mass is 32.2. The van der Waals surface area contributed by atoms with Crippen molar-refractivity contribution < 1.29 is 19.0 Å². The molecule has 0 aliphatic carbocycles. The van der Waals surface area contributed by atoms with Gasteiger partial charge in [-0.05, 0) is 36.8 Å². The van der Waals surface area contributed by atoms with E-state index in [-0.39, 0.29) is 16.6 Å². The van der Waals surface area contributed by atoms with Crippen molar-refractivity contribution in [1.82, 2.24) is 0 Å². The van der Waals surface area contributed by atoms with Crippen molar-refractivity contribution in [2.24, 2.45) is 4.99 Å². The van der Waals surface area contributed by atoms with Crippen molar-refractivity contribution in [3.63, 3.8) is 0 Å². The normalized spacial score (nSPS) is 15.7. The summed E-state index contributed by atoms with van der Waals surface area (Å²) in [7, 11) is 3.19. The molecule has 0 fully saturated rings. The van der Waals surface area contributed by atoms with Crippen LogP contribution < -0.4 is 15.1 Å². The first-order valence-corrected chi connectivity index (χ1v) is 10.3. The average molecular weight is 423 g/mol. The maximum Gasteiger partial charge on any atom is 0.348 e. The number of aryl methyl sites for hydroxylation is 1. The molecule has 0 saturated carbocycles. The second kappa shape index (κ2) is 8.28. The van der Waals surface area contributed by atoms with E-state index in [2.05, 4.69) is 0 Å². The monoisotopic (exact) mass is 423 g/mol. The summed E-state index contributed by atoms with van der Waals surface area (Å²) in [6.07, 6.45) is 0.427. The molecule has 0 saturated heterocycles. The molecule has 1 N–H and O–H groups in total. The highest BCUT2D eigenvalue weighted by molar-refractivity contribution is 7.99. The van der Waals surface area contributed by atoms with Gasteiger partial charge in [0, 0.05) is 22.6 Å². The lowest BCUT2D eigenvalue weighted by Gasteiger charge is -2.18. The van der Waals surface area contributed by atoms with E-state index in [4.69, 9.17) is 18.9 Å². The summed E-state index contributed by atoms with van der Waals surface area (Å²) >= 11 is 1.65. The van der Waals surface area contributed by atoms with Gasteiger partial charge in [-0.1, -0.05) is 18.2 Å². The predicted molar refractivity (Wildman–Crippen MR) is 117 cm³/mol. The first-order chi connectivity index (χ1) is 14.5. The zero-order valence-corrected chi connectivity index (χ0v) is 17.7. The van der Waals surface area contributed by atoms with Crippen LogP contribution in [0.3, 0.4) is 0 Å². The quantitative estimate of drug-likeness (QED) is 0.634. The summed E-state index contributed by atoms with van der Waals surface area (Å²) < 4.78 is 16.1. The number of aromatic hydroxyl groups is 1. The fraction of sp³-hybridized carbons (Fsp3) is 0.217. The second-order valence-corrected chi connectivity index (χ2v) is 8.10. The van der Waals surface area contributed by atoms with Crippen molar-refractivity contribution >= 4 is 23.2 Å². The summed E-state index contributed by atoms with van der Waals surface area (Å²) in [5, 5.41) is 10.4. The lowest BCUT2D eigenvalue weighted by atomic mass is 10.0. The molecule has 154 valence electrons. The van der Waals surface area contributed by atoms with Crippen LogP contribution >= 0.6 is 11.8 Å². The molecule has 1 aliphatic heterocycles. The molecule has 1 aliphatic rings. The third-order valence-electron chi connectivity index (χ3n) is 4.89. The van der Waals surface area contributed by atoms with Crippen LogP contribution in [0.15, 0.2) is 67.6 Å². The number of hydrogen-bond donors (Lipinski definition) is 1. The number of nitrogens with zero attached hydrogens (tertiary/aromatic N) is 1. The molecule has 0 amide bonds. The van der Waals surface area contributed by atoms with E-state index in [1.165, 1.54) is 6.07 Å². The molecule has 30 heavy (non-hydrogen) atoms. The molecule has 2 heterocycles. The highest BCUT2D eigenvalue weighted by Gasteiger charge is 2.27. The van der Waals surface area contributed by atoms with E-state index in [9.17, 15) is 9.90 Å². The number of para-hydroxylation sites is 1. The molecule has 4 rings (SSSR count). The van der Waals surface area contributed by atoms with Gasteiger partial charge in [0.15, 0.2) is 11.5 Å². The van der Waals surface area contributed by atoms with Crippen LogP contribution in [-0.4, -0.2) is 25.0 Å². The van der Waals surface area contributed by atoms with Crippen LogP contribution in [0.2, 0.25) is 0 Å².